The van der Waals surface area contributed by atoms with Gasteiger partial charge < -0.3 is 5.32 Å². The molecule has 128 valence electrons. The van der Waals surface area contributed by atoms with Gasteiger partial charge >= 0.3 is 0 Å². The molecule has 3 rings (SSSR count). The van der Waals surface area contributed by atoms with Crippen LogP contribution in [0.1, 0.15) is 25.3 Å². The van der Waals surface area contributed by atoms with E-state index in [2.05, 4.69) is 10.4 Å². The minimum absolute atomic E-state index is 0.0139. The summed E-state index contributed by atoms with van der Waals surface area (Å²) < 4.78 is 15.0. The lowest BCUT2D eigenvalue weighted by atomic mass is 10.1. The summed E-state index contributed by atoms with van der Waals surface area (Å²) in [5.74, 6) is -0.274. The van der Waals surface area contributed by atoms with Crippen molar-refractivity contribution in [2.75, 3.05) is 0 Å². The summed E-state index contributed by atoms with van der Waals surface area (Å²) in [6, 6.07) is 16.0. The van der Waals surface area contributed by atoms with Gasteiger partial charge in [0.15, 0.2) is 0 Å². The molecule has 2 aromatic carbocycles. The van der Waals surface area contributed by atoms with Crippen LogP contribution in [0.2, 0.25) is 0 Å². The topological polar surface area (TPSA) is 46.9 Å². The van der Waals surface area contributed by atoms with Gasteiger partial charge in [-0.2, -0.15) is 5.10 Å². The number of carbonyl (C=O) groups excluding carboxylic acids is 1. The van der Waals surface area contributed by atoms with Crippen LogP contribution >= 0.6 is 0 Å². The number of amides is 1. The van der Waals surface area contributed by atoms with Crippen LogP contribution < -0.4 is 5.32 Å². The molecule has 0 aliphatic carbocycles. The Hall–Kier alpha value is -2.95. The van der Waals surface area contributed by atoms with E-state index in [-0.39, 0.29) is 11.7 Å². The highest BCUT2D eigenvalue weighted by molar-refractivity contribution is 5.76. The maximum absolute atomic E-state index is 13.2. The SMILES string of the molecule is CCCC(=O)NCc1cn(-c2ccccc2)nc1-c1ccc(F)cc1. The van der Waals surface area contributed by atoms with Crippen LogP contribution in [0.15, 0.2) is 60.8 Å². The van der Waals surface area contributed by atoms with Crippen LogP contribution in [0.25, 0.3) is 16.9 Å². The molecule has 0 spiro atoms. The fraction of sp³-hybridized carbons (Fsp3) is 0.200. The van der Waals surface area contributed by atoms with Crippen molar-refractivity contribution in [1.29, 1.82) is 0 Å². The number of benzene rings is 2. The third kappa shape index (κ3) is 4.12. The van der Waals surface area contributed by atoms with Gasteiger partial charge in [-0.05, 0) is 42.8 Å². The Labute approximate surface area is 146 Å². The van der Waals surface area contributed by atoms with E-state index in [1.165, 1.54) is 12.1 Å². The van der Waals surface area contributed by atoms with Gasteiger partial charge in [0, 0.05) is 30.3 Å². The number of halogens is 1. The minimum atomic E-state index is -0.288. The van der Waals surface area contributed by atoms with Crippen molar-refractivity contribution in [3.05, 3.63) is 72.2 Å². The predicted molar refractivity (Wildman–Crippen MR) is 95.7 cm³/mol. The van der Waals surface area contributed by atoms with Crippen molar-refractivity contribution in [3.8, 4) is 16.9 Å². The maximum atomic E-state index is 13.2. The normalized spacial score (nSPS) is 10.6. The molecule has 0 saturated carbocycles. The highest BCUT2D eigenvalue weighted by atomic mass is 19.1. The standard InChI is InChI=1S/C20H20FN3O/c1-2-6-19(25)22-13-16-14-24(18-7-4-3-5-8-18)23-20(16)15-9-11-17(21)12-10-15/h3-5,7-12,14H,2,6,13H2,1H3,(H,22,25). The van der Waals surface area contributed by atoms with Crippen LogP contribution in [0.5, 0.6) is 0 Å². The molecule has 0 fully saturated rings. The lowest BCUT2D eigenvalue weighted by Crippen LogP contribution is -2.22. The third-order valence-corrected chi connectivity index (χ3v) is 3.88. The Balaban J connectivity index is 1.94. The Morgan fingerprint density at radius 2 is 1.84 bits per heavy atom. The monoisotopic (exact) mass is 337 g/mol. The lowest BCUT2D eigenvalue weighted by molar-refractivity contribution is -0.121. The van der Waals surface area contributed by atoms with E-state index in [1.807, 2.05) is 43.5 Å². The first kappa shape index (κ1) is 16.9. The zero-order valence-electron chi connectivity index (χ0n) is 14.1. The Morgan fingerprint density at radius 1 is 1.12 bits per heavy atom. The molecule has 25 heavy (non-hydrogen) atoms. The lowest BCUT2D eigenvalue weighted by Gasteiger charge is -2.05. The molecule has 1 aromatic heterocycles. The zero-order valence-corrected chi connectivity index (χ0v) is 14.1. The van der Waals surface area contributed by atoms with E-state index in [0.717, 1.165) is 28.9 Å². The third-order valence-electron chi connectivity index (χ3n) is 3.88. The van der Waals surface area contributed by atoms with E-state index >= 15 is 0 Å². The molecule has 5 heteroatoms. The van der Waals surface area contributed by atoms with Crippen molar-refractivity contribution in [3.63, 3.8) is 0 Å². The number of rotatable bonds is 6. The van der Waals surface area contributed by atoms with Crippen LogP contribution in [0.4, 0.5) is 4.39 Å². The summed E-state index contributed by atoms with van der Waals surface area (Å²) in [5.41, 5.74) is 3.37. The number of carbonyl (C=O) groups is 1. The number of nitrogens with zero attached hydrogens (tertiary/aromatic N) is 2. The average Bonchev–Trinajstić information content (AvgIpc) is 3.06. The molecule has 1 N–H and O–H groups in total. The number of hydrogen-bond donors (Lipinski definition) is 1. The van der Waals surface area contributed by atoms with Crippen molar-refractivity contribution < 1.29 is 9.18 Å². The first-order chi connectivity index (χ1) is 12.2. The van der Waals surface area contributed by atoms with Crippen molar-refractivity contribution in [2.45, 2.75) is 26.3 Å². The summed E-state index contributed by atoms with van der Waals surface area (Å²) in [5, 5.41) is 7.57. The van der Waals surface area contributed by atoms with E-state index in [4.69, 9.17) is 0 Å². The predicted octanol–water partition coefficient (Wildman–Crippen LogP) is 4.09. The fourth-order valence-electron chi connectivity index (χ4n) is 2.61. The molecule has 0 bridgehead atoms. The van der Waals surface area contributed by atoms with Gasteiger partial charge in [0.1, 0.15) is 5.82 Å². The maximum Gasteiger partial charge on any atom is 0.220 e. The first-order valence-corrected chi connectivity index (χ1v) is 8.34. The van der Waals surface area contributed by atoms with Gasteiger partial charge in [-0.3, -0.25) is 4.79 Å². The smallest absolute Gasteiger partial charge is 0.220 e. The van der Waals surface area contributed by atoms with Crippen LogP contribution in [-0.4, -0.2) is 15.7 Å². The average molecular weight is 337 g/mol. The quantitative estimate of drug-likeness (QED) is 0.736. The van der Waals surface area contributed by atoms with Gasteiger partial charge in [0.25, 0.3) is 0 Å². The van der Waals surface area contributed by atoms with Crippen LogP contribution in [0.3, 0.4) is 0 Å². The second kappa shape index (κ2) is 7.75. The Kier molecular flexibility index (Phi) is 5.23. The molecular formula is C20H20FN3O. The van der Waals surface area contributed by atoms with E-state index in [9.17, 15) is 9.18 Å². The van der Waals surface area contributed by atoms with Gasteiger partial charge in [-0.15, -0.1) is 0 Å². The molecular weight excluding hydrogens is 317 g/mol. The Bertz CT molecular complexity index is 841. The van der Waals surface area contributed by atoms with E-state index in [0.29, 0.717) is 13.0 Å². The highest BCUT2D eigenvalue weighted by Crippen LogP contribution is 2.24. The largest absolute Gasteiger partial charge is 0.352 e. The van der Waals surface area contributed by atoms with Crippen molar-refractivity contribution >= 4 is 5.91 Å². The second-order valence-corrected chi connectivity index (χ2v) is 5.82. The second-order valence-electron chi connectivity index (χ2n) is 5.82. The van der Waals surface area contributed by atoms with E-state index < -0.39 is 0 Å². The van der Waals surface area contributed by atoms with Gasteiger partial charge in [-0.25, -0.2) is 9.07 Å². The molecule has 0 unspecified atom stereocenters. The number of para-hydroxylation sites is 1. The minimum Gasteiger partial charge on any atom is -0.352 e. The summed E-state index contributed by atoms with van der Waals surface area (Å²) in [6.07, 6.45) is 3.21. The van der Waals surface area contributed by atoms with Gasteiger partial charge in [0.05, 0.1) is 11.4 Å². The molecule has 0 aliphatic rings. The zero-order chi connectivity index (χ0) is 17.6. The van der Waals surface area contributed by atoms with Gasteiger partial charge in [-0.1, -0.05) is 25.1 Å². The van der Waals surface area contributed by atoms with Gasteiger partial charge in [0.2, 0.25) is 5.91 Å². The van der Waals surface area contributed by atoms with Crippen molar-refractivity contribution in [2.24, 2.45) is 0 Å². The number of nitrogens with one attached hydrogen (secondary N) is 1. The van der Waals surface area contributed by atoms with E-state index in [1.54, 1.807) is 16.8 Å². The fourth-order valence-corrected chi connectivity index (χ4v) is 2.61. The molecule has 4 nitrogen and oxygen atoms in total. The molecule has 0 saturated heterocycles. The van der Waals surface area contributed by atoms with Crippen molar-refractivity contribution in [1.82, 2.24) is 15.1 Å². The first-order valence-electron chi connectivity index (χ1n) is 8.34. The number of hydrogen-bond acceptors (Lipinski definition) is 2. The molecule has 0 aliphatic heterocycles. The Morgan fingerprint density at radius 3 is 2.52 bits per heavy atom. The molecule has 0 radical (unpaired) electrons. The molecule has 1 amide bonds. The number of aromatic nitrogens is 2. The van der Waals surface area contributed by atoms with Crippen LogP contribution in [0, 0.1) is 5.82 Å². The molecule has 0 atom stereocenters. The molecule has 1 heterocycles. The van der Waals surface area contributed by atoms with Crippen LogP contribution in [-0.2, 0) is 11.3 Å². The highest BCUT2D eigenvalue weighted by Gasteiger charge is 2.13. The molecule has 3 aromatic rings. The summed E-state index contributed by atoms with van der Waals surface area (Å²) in [7, 11) is 0. The summed E-state index contributed by atoms with van der Waals surface area (Å²) in [6.45, 7) is 2.36. The summed E-state index contributed by atoms with van der Waals surface area (Å²) >= 11 is 0. The summed E-state index contributed by atoms with van der Waals surface area (Å²) in [4.78, 5) is 11.8.